The molecule has 0 saturated carbocycles. The van der Waals surface area contributed by atoms with Crippen LogP contribution in [-0.2, 0) is 11.2 Å². The van der Waals surface area contributed by atoms with Crippen LogP contribution in [0.15, 0.2) is 48.5 Å². The number of rotatable bonds is 7. The van der Waals surface area contributed by atoms with Crippen LogP contribution in [-0.4, -0.2) is 36.0 Å². The Bertz CT molecular complexity index is 865. The van der Waals surface area contributed by atoms with Gasteiger partial charge >= 0.3 is 0 Å². The van der Waals surface area contributed by atoms with E-state index in [1.807, 2.05) is 6.07 Å². The van der Waals surface area contributed by atoms with Crippen LogP contribution in [0.2, 0.25) is 0 Å². The summed E-state index contributed by atoms with van der Waals surface area (Å²) in [7, 11) is 0. The highest BCUT2D eigenvalue weighted by Gasteiger charge is 2.30. The fourth-order valence-electron chi connectivity index (χ4n) is 3.57. The van der Waals surface area contributed by atoms with Crippen molar-refractivity contribution in [1.29, 1.82) is 5.26 Å². The summed E-state index contributed by atoms with van der Waals surface area (Å²) in [5, 5.41) is 9.16. The van der Waals surface area contributed by atoms with Gasteiger partial charge < -0.3 is 15.4 Å². The normalized spacial score (nSPS) is 17.2. The van der Waals surface area contributed by atoms with Crippen LogP contribution in [0.25, 0.3) is 0 Å². The van der Waals surface area contributed by atoms with Crippen molar-refractivity contribution >= 4 is 5.91 Å². The molecule has 2 atom stereocenters. The van der Waals surface area contributed by atoms with Gasteiger partial charge in [-0.15, -0.1) is 0 Å². The molecule has 1 saturated heterocycles. The molecule has 6 heteroatoms. The lowest BCUT2D eigenvalue weighted by Gasteiger charge is -2.26. The molecule has 2 aromatic carbocycles. The van der Waals surface area contributed by atoms with Crippen LogP contribution in [0.1, 0.15) is 30.4 Å². The molecule has 1 aliphatic rings. The van der Waals surface area contributed by atoms with Gasteiger partial charge in [-0.3, -0.25) is 4.79 Å². The Morgan fingerprint density at radius 2 is 2.04 bits per heavy atom. The second-order valence-corrected chi connectivity index (χ2v) is 7.06. The van der Waals surface area contributed by atoms with Crippen molar-refractivity contribution in [3.8, 4) is 11.8 Å². The Balaban J connectivity index is 1.55. The average Bonchev–Trinajstić information content (AvgIpc) is 3.17. The molecule has 0 bridgehead atoms. The zero-order valence-electron chi connectivity index (χ0n) is 15.7. The number of para-hydroxylation sites is 1. The predicted molar refractivity (Wildman–Crippen MR) is 104 cm³/mol. The van der Waals surface area contributed by atoms with E-state index in [0.29, 0.717) is 36.4 Å². The number of ether oxygens (including phenoxy) is 1. The van der Waals surface area contributed by atoms with E-state index in [4.69, 9.17) is 15.7 Å². The lowest BCUT2D eigenvalue weighted by molar-refractivity contribution is -0.132. The molecule has 5 nitrogen and oxygen atoms in total. The van der Waals surface area contributed by atoms with Gasteiger partial charge in [0.1, 0.15) is 24.2 Å². The van der Waals surface area contributed by atoms with Gasteiger partial charge in [-0.05, 0) is 43.0 Å². The van der Waals surface area contributed by atoms with Crippen molar-refractivity contribution in [2.75, 3.05) is 13.2 Å². The smallest absolute Gasteiger partial charge is 0.224 e. The number of nitrogens with two attached hydrogens (primary N) is 1. The minimum atomic E-state index is -0.439. The number of carbonyl (C=O) groups is 1. The molecular formula is C22H24FN3O2. The molecule has 1 amide bonds. The summed E-state index contributed by atoms with van der Waals surface area (Å²) in [5.74, 6) is 0.193. The molecule has 146 valence electrons. The molecule has 0 radical (unpaired) electrons. The van der Waals surface area contributed by atoms with Gasteiger partial charge in [0.05, 0.1) is 11.6 Å². The van der Waals surface area contributed by atoms with Crippen LogP contribution in [0.3, 0.4) is 0 Å². The Kier molecular flexibility index (Phi) is 6.62. The van der Waals surface area contributed by atoms with E-state index in [1.165, 1.54) is 6.07 Å². The maximum Gasteiger partial charge on any atom is 0.224 e. The summed E-state index contributed by atoms with van der Waals surface area (Å²) in [6.45, 7) is 1.01. The Morgan fingerprint density at radius 1 is 1.29 bits per heavy atom. The summed E-state index contributed by atoms with van der Waals surface area (Å²) in [5.41, 5.74) is 7.11. The Labute approximate surface area is 164 Å². The van der Waals surface area contributed by atoms with Crippen molar-refractivity contribution in [2.45, 2.75) is 37.8 Å². The molecule has 3 rings (SSSR count). The Morgan fingerprint density at radius 3 is 2.82 bits per heavy atom. The lowest BCUT2D eigenvalue weighted by atomic mass is 10.0. The van der Waals surface area contributed by atoms with E-state index in [1.54, 1.807) is 41.3 Å². The monoisotopic (exact) mass is 381 g/mol. The van der Waals surface area contributed by atoms with Crippen LogP contribution in [0.4, 0.5) is 4.39 Å². The number of hydrogen-bond donors (Lipinski definition) is 1. The van der Waals surface area contributed by atoms with E-state index in [2.05, 4.69) is 6.07 Å². The lowest BCUT2D eigenvalue weighted by Crippen LogP contribution is -2.42. The number of likely N-dealkylation sites (tertiary alicyclic amines) is 1. The first-order chi connectivity index (χ1) is 13.6. The molecule has 2 N–H and O–H groups in total. The maximum absolute atomic E-state index is 13.8. The van der Waals surface area contributed by atoms with E-state index >= 15 is 0 Å². The van der Waals surface area contributed by atoms with Crippen molar-refractivity contribution in [2.24, 2.45) is 5.73 Å². The maximum atomic E-state index is 13.8. The Hall–Kier alpha value is -2.91. The first kappa shape index (κ1) is 19.8. The third kappa shape index (κ3) is 4.87. The summed E-state index contributed by atoms with van der Waals surface area (Å²) >= 11 is 0. The third-order valence-electron chi connectivity index (χ3n) is 5.01. The van der Waals surface area contributed by atoms with Crippen molar-refractivity contribution in [1.82, 2.24) is 4.90 Å². The van der Waals surface area contributed by atoms with Crippen molar-refractivity contribution in [3.05, 3.63) is 65.5 Å². The second kappa shape index (κ2) is 9.34. The van der Waals surface area contributed by atoms with Crippen molar-refractivity contribution in [3.63, 3.8) is 0 Å². The molecular weight excluding hydrogens is 357 g/mol. The quantitative estimate of drug-likeness (QED) is 0.800. The number of halogens is 1. The van der Waals surface area contributed by atoms with Crippen molar-refractivity contribution < 1.29 is 13.9 Å². The topological polar surface area (TPSA) is 79.3 Å². The highest BCUT2D eigenvalue weighted by molar-refractivity contribution is 5.77. The third-order valence-corrected chi connectivity index (χ3v) is 5.01. The van der Waals surface area contributed by atoms with Crippen LogP contribution in [0.5, 0.6) is 5.75 Å². The second-order valence-electron chi connectivity index (χ2n) is 7.06. The number of benzene rings is 2. The summed E-state index contributed by atoms with van der Waals surface area (Å²) in [6, 6.07) is 15.2. The van der Waals surface area contributed by atoms with E-state index < -0.39 is 6.04 Å². The minimum Gasteiger partial charge on any atom is -0.490 e. The van der Waals surface area contributed by atoms with Crippen LogP contribution in [0, 0.1) is 17.1 Å². The van der Waals surface area contributed by atoms with Gasteiger partial charge in [0.25, 0.3) is 0 Å². The standard InChI is InChI=1S/C22H24FN3O2/c23-20-9-3-1-6-16(20)12-18(25)13-22(27)26-11-5-8-19(26)15-28-21-10-4-2-7-17(21)14-24/h1-4,6-7,9-10,18-19H,5,8,11-13,15,25H2/t18-,19+/m1/s1. The highest BCUT2D eigenvalue weighted by atomic mass is 19.1. The van der Waals surface area contributed by atoms with Gasteiger partial charge in [0.15, 0.2) is 0 Å². The van der Waals surface area contributed by atoms with E-state index in [0.717, 1.165) is 12.8 Å². The summed E-state index contributed by atoms with van der Waals surface area (Å²) in [6.07, 6.45) is 2.24. The molecule has 0 spiro atoms. The zero-order chi connectivity index (χ0) is 19.9. The number of carbonyl (C=O) groups excluding carboxylic acids is 1. The van der Waals surface area contributed by atoms with Gasteiger partial charge in [-0.25, -0.2) is 4.39 Å². The number of nitrogens with zero attached hydrogens (tertiary/aromatic N) is 2. The first-order valence-electron chi connectivity index (χ1n) is 9.49. The SMILES string of the molecule is N#Cc1ccccc1OC[C@@H]1CCCN1C(=O)C[C@H](N)Cc1ccccc1F. The summed E-state index contributed by atoms with van der Waals surface area (Å²) in [4.78, 5) is 14.5. The molecule has 28 heavy (non-hydrogen) atoms. The molecule has 0 unspecified atom stereocenters. The number of hydrogen-bond acceptors (Lipinski definition) is 4. The largest absolute Gasteiger partial charge is 0.490 e. The summed E-state index contributed by atoms with van der Waals surface area (Å²) < 4.78 is 19.6. The fraction of sp³-hybridized carbons (Fsp3) is 0.364. The van der Waals surface area contributed by atoms with Gasteiger partial charge in [-0.1, -0.05) is 30.3 Å². The number of nitriles is 1. The molecule has 1 fully saturated rings. The zero-order valence-corrected chi connectivity index (χ0v) is 15.7. The molecule has 1 heterocycles. The van der Waals surface area contributed by atoms with Gasteiger partial charge in [0, 0.05) is 19.0 Å². The minimum absolute atomic E-state index is 0.0384. The average molecular weight is 381 g/mol. The van der Waals surface area contributed by atoms with Crippen LogP contribution >= 0.6 is 0 Å². The van der Waals surface area contributed by atoms with Gasteiger partial charge in [0.2, 0.25) is 5.91 Å². The number of amides is 1. The first-order valence-corrected chi connectivity index (χ1v) is 9.49. The van der Waals surface area contributed by atoms with E-state index in [-0.39, 0.29) is 24.2 Å². The molecule has 0 aliphatic carbocycles. The fourth-order valence-corrected chi connectivity index (χ4v) is 3.57. The van der Waals surface area contributed by atoms with Gasteiger partial charge in [-0.2, -0.15) is 5.26 Å². The van der Waals surface area contributed by atoms with E-state index in [9.17, 15) is 9.18 Å². The molecule has 1 aliphatic heterocycles. The molecule has 2 aromatic rings. The highest BCUT2D eigenvalue weighted by Crippen LogP contribution is 2.22. The molecule has 0 aromatic heterocycles. The van der Waals surface area contributed by atoms with Crippen LogP contribution < -0.4 is 10.5 Å². The predicted octanol–water partition coefficient (Wildman–Crippen LogP) is 3.03.